The van der Waals surface area contributed by atoms with Gasteiger partial charge in [-0.15, -0.1) is 11.3 Å². The van der Waals surface area contributed by atoms with Crippen molar-refractivity contribution < 1.29 is 19.1 Å². The maximum atomic E-state index is 12.7. The van der Waals surface area contributed by atoms with E-state index in [4.69, 9.17) is 21.1 Å². The zero-order valence-electron chi connectivity index (χ0n) is 15.7. The molecule has 2 aromatic rings. The first kappa shape index (κ1) is 20.6. The Hall–Kier alpha value is -2.09. The van der Waals surface area contributed by atoms with E-state index in [1.165, 1.54) is 11.3 Å². The third-order valence-corrected chi connectivity index (χ3v) is 5.80. The van der Waals surface area contributed by atoms with E-state index in [0.29, 0.717) is 55.6 Å². The monoisotopic (exact) mass is 422 g/mol. The summed E-state index contributed by atoms with van der Waals surface area (Å²) in [6, 6.07) is 8.95. The number of nitrogens with zero attached hydrogens (tertiary/aromatic N) is 1. The molecule has 1 aliphatic heterocycles. The highest BCUT2D eigenvalue weighted by Gasteiger charge is 2.28. The Morgan fingerprint density at radius 2 is 2.00 bits per heavy atom. The number of methoxy groups -OCH3 is 1. The second kappa shape index (κ2) is 9.91. The van der Waals surface area contributed by atoms with Gasteiger partial charge in [0.1, 0.15) is 6.61 Å². The van der Waals surface area contributed by atoms with E-state index in [1.54, 1.807) is 25.3 Å². The lowest BCUT2D eigenvalue weighted by atomic mass is 9.95. The number of benzene rings is 1. The largest absolute Gasteiger partial charge is 0.487 e. The standard InChI is InChI=1S/C20H23ClN2O4S/c1-26-11-12-27-18-15(21)4-2-5-16(18)22-19(24)14-7-9-23(10-8-14)20(25)17-6-3-13-28-17/h2-6,13-14H,7-12H2,1H3,(H,22,24). The number of hydrogen-bond acceptors (Lipinski definition) is 5. The number of ether oxygens (including phenoxy) is 2. The summed E-state index contributed by atoms with van der Waals surface area (Å²) in [5.41, 5.74) is 0.547. The van der Waals surface area contributed by atoms with Crippen molar-refractivity contribution in [2.24, 2.45) is 5.92 Å². The van der Waals surface area contributed by atoms with Crippen molar-refractivity contribution in [3.63, 3.8) is 0 Å². The van der Waals surface area contributed by atoms with Crippen molar-refractivity contribution in [2.75, 3.05) is 38.7 Å². The minimum atomic E-state index is -0.154. The molecule has 1 saturated heterocycles. The molecule has 0 saturated carbocycles. The van der Waals surface area contributed by atoms with Crippen molar-refractivity contribution in [3.8, 4) is 5.75 Å². The molecule has 0 unspecified atom stereocenters. The van der Waals surface area contributed by atoms with Gasteiger partial charge in [-0.3, -0.25) is 9.59 Å². The summed E-state index contributed by atoms with van der Waals surface area (Å²) >= 11 is 7.66. The van der Waals surface area contributed by atoms with Gasteiger partial charge in [0.2, 0.25) is 5.91 Å². The Kier molecular flexibility index (Phi) is 7.30. The van der Waals surface area contributed by atoms with Crippen LogP contribution in [0, 0.1) is 5.92 Å². The van der Waals surface area contributed by atoms with Gasteiger partial charge >= 0.3 is 0 Å². The van der Waals surface area contributed by atoms with Crippen LogP contribution in [0.25, 0.3) is 0 Å². The second-order valence-corrected chi connectivity index (χ2v) is 7.85. The summed E-state index contributed by atoms with van der Waals surface area (Å²) in [5.74, 6) is 0.248. The first-order valence-corrected chi connectivity index (χ1v) is 10.4. The number of piperidine rings is 1. The second-order valence-electron chi connectivity index (χ2n) is 6.49. The van der Waals surface area contributed by atoms with Crippen molar-refractivity contribution in [1.29, 1.82) is 0 Å². The number of hydrogen-bond donors (Lipinski definition) is 1. The van der Waals surface area contributed by atoms with Crippen LogP contribution in [-0.2, 0) is 9.53 Å². The maximum Gasteiger partial charge on any atom is 0.263 e. The number of nitrogens with one attached hydrogen (secondary N) is 1. The number of thiophene rings is 1. The van der Waals surface area contributed by atoms with E-state index in [-0.39, 0.29) is 17.7 Å². The summed E-state index contributed by atoms with van der Waals surface area (Å²) in [6.45, 7) is 1.91. The van der Waals surface area contributed by atoms with Gasteiger partial charge in [-0.1, -0.05) is 23.7 Å². The maximum absolute atomic E-state index is 12.7. The normalized spacial score (nSPS) is 14.7. The Labute approximate surface area is 173 Å². The molecule has 0 atom stereocenters. The molecule has 150 valence electrons. The summed E-state index contributed by atoms with van der Waals surface area (Å²) in [5, 5.41) is 5.26. The average molecular weight is 423 g/mol. The van der Waals surface area contributed by atoms with Crippen molar-refractivity contribution >= 4 is 40.4 Å². The van der Waals surface area contributed by atoms with E-state index in [9.17, 15) is 9.59 Å². The Balaban J connectivity index is 1.57. The summed E-state index contributed by atoms with van der Waals surface area (Å²) < 4.78 is 10.7. The molecule has 0 radical (unpaired) electrons. The van der Waals surface area contributed by atoms with E-state index in [0.717, 1.165) is 4.88 Å². The fraction of sp³-hybridized carbons (Fsp3) is 0.400. The predicted octanol–water partition coefficient (Wildman–Crippen LogP) is 3.92. The van der Waals surface area contributed by atoms with Crippen LogP contribution in [0.4, 0.5) is 5.69 Å². The van der Waals surface area contributed by atoms with E-state index >= 15 is 0 Å². The van der Waals surface area contributed by atoms with Crippen LogP contribution in [-0.4, -0.2) is 50.1 Å². The number of para-hydroxylation sites is 1. The average Bonchev–Trinajstić information content (AvgIpc) is 3.24. The zero-order chi connectivity index (χ0) is 19.9. The van der Waals surface area contributed by atoms with Gasteiger partial charge in [0.05, 0.1) is 22.2 Å². The van der Waals surface area contributed by atoms with Crippen LogP contribution in [0.3, 0.4) is 0 Å². The number of anilines is 1. The summed E-state index contributed by atoms with van der Waals surface area (Å²) in [6.07, 6.45) is 1.26. The highest BCUT2D eigenvalue weighted by atomic mass is 35.5. The number of likely N-dealkylation sites (tertiary alicyclic amines) is 1. The van der Waals surface area contributed by atoms with E-state index in [1.807, 2.05) is 22.4 Å². The van der Waals surface area contributed by atoms with E-state index in [2.05, 4.69) is 5.32 Å². The SMILES string of the molecule is COCCOc1c(Cl)cccc1NC(=O)C1CCN(C(=O)c2cccs2)CC1. The van der Waals surface area contributed by atoms with Gasteiger partial charge in [-0.2, -0.15) is 0 Å². The minimum absolute atomic E-state index is 0.0394. The fourth-order valence-electron chi connectivity index (χ4n) is 3.12. The third kappa shape index (κ3) is 5.04. The van der Waals surface area contributed by atoms with Crippen molar-refractivity contribution in [2.45, 2.75) is 12.8 Å². The molecule has 2 heterocycles. The molecule has 1 fully saturated rings. The van der Waals surface area contributed by atoms with Gasteiger partial charge in [0, 0.05) is 26.1 Å². The molecule has 6 nitrogen and oxygen atoms in total. The lowest BCUT2D eigenvalue weighted by Gasteiger charge is -2.31. The number of halogens is 1. The number of rotatable bonds is 7. The predicted molar refractivity (Wildman–Crippen MR) is 110 cm³/mol. The van der Waals surface area contributed by atoms with Gasteiger partial charge in [0.15, 0.2) is 5.75 Å². The van der Waals surface area contributed by atoms with Gasteiger partial charge in [0.25, 0.3) is 5.91 Å². The quantitative estimate of drug-likeness (QED) is 0.687. The number of carbonyl (C=O) groups is 2. The summed E-state index contributed by atoms with van der Waals surface area (Å²) in [4.78, 5) is 27.7. The lowest BCUT2D eigenvalue weighted by molar-refractivity contribution is -0.121. The van der Waals surface area contributed by atoms with Crippen LogP contribution in [0.1, 0.15) is 22.5 Å². The molecule has 0 bridgehead atoms. The fourth-order valence-corrected chi connectivity index (χ4v) is 4.04. The summed E-state index contributed by atoms with van der Waals surface area (Å²) in [7, 11) is 1.59. The molecule has 8 heteroatoms. The molecule has 0 spiro atoms. The van der Waals surface area contributed by atoms with Crippen LogP contribution >= 0.6 is 22.9 Å². The Morgan fingerprint density at radius 3 is 2.68 bits per heavy atom. The van der Waals surface area contributed by atoms with Gasteiger partial charge in [-0.25, -0.2) is 0 Å². The van der Waals surface area contributed by atoms with Gasteiger partial charge < -0.3 is 19.7 Å². The smallest absolute Gasteiger partial charge is 0.263 e. The first-order chi connectivity index (χ1) is 13.6. The van der Waals surface area contributed by atoms with Crippen LogP contribution in [0.15, 0.2) is 35.7 Å². The molecule has 1 aliphatic rings. The highest BCUT2D eigenvalue weighted by molar-refractivity contribution is 7.12. The van der Waals surface area contributed by atoms with Crippen LogP contribution < -0.4 is 10.1 Å². The Bertz CT molecular complexity index is 805. The molecule has 2 amide bonds. The van der Waals surface area contributed by atoms with Crippen LogP contribution in [0.5, 0.6) is 5.75 Å². The number of amides is 2. The molecule has 0 aliphatic carbocycles. The van der Waals surface area contributed by atoms with Crippen LogP contribution in [0.2, 0.25) is 5.02 Å². The molecular formula is C20H23ClN2O4S. The van der Waals surface area contributed by atoms with Gasteiger partial charge in [-0.05, 0) is 36.4 Å². The van der Waals surface area contributed by atoms with Crippen molar-refractivity contribution in [1.82, 2.24) is 4.90 Å². The Morgan fingerprint density at radius 1 is 1.21 bits per heavy atom. The highest BCUT2D eigenvalue weighted by Crippen LogP contribution is 2.33. The lowest BCUT2D eigenvalue weighted by Crippen LogP contribution is -2.41. The molecule has 1 aromatic carbocycles. The third-order valence-electron chi connectivity index (χ3n) is 4.64. The van der Waals surface area contributed by atoms with Crippen molar-refractivity contribution in [3.05, 3.63) is 45.6 Å². The zero-order valence-corrected chi connectivity index (χ0v) is 17.2. The number of carbonyl (C=O) groups excluding carboxylic acids is 2. The first-order valence-electron chi connectivity index (χ1n) is 9.14. The molecular weight excluding hydrogens is 400 g/mol. The topological polar surface area (TPSA) is 67.9 Å². The minimum Gasteiger partial charge on any atom is -0.487 e. The molecule has 28 heavy (non-hydrogen) atoms. The molecule has 3 rings (SSSR count). The molecule has 1 N–H and O–H groups in total. The van der Waals surface area contributed by atoms with E-state index < -0.39 is 0 Å². The molecule has 1 aromatic heterocycles.